The van der Waals surface area contributed by atoms with Gasteiger partial charge in [-0.25, -0.2) is 4.98 Å². The number of aromatic nitrogens is 1. The highest BCUT2D eigenvalue weighted by Gasteiger charge is 2.09. The fraction of sp³-hybridized carbons (Fsp3) is 0. The van der Waals surface area contributed by atoms with E-state index >= 15 is 0 Å². The van der Waals surface area contributed by atoms with Crippen molar-refractivity contribution in [1.29, 1.82) is 0 Å². The number of para-hydroxylation sites is 1. The van der Waals surface area contributed by atoms with Gasteiger partial charge in [-0.05, 0) is 42.5 Å². The topological polar surface area (TPSA) is 70.4 Å². The van der Waals surface area contributed by atoms with Crippen LogP contribution in [0.2, 0.25) is 0 Å². The van der Waals surface area contributed by atoms with E-state index in [-0.39, 0.29) is 17.1 Å². The Kier molecular flexibility index (Phi) is 3.58. The van der Waals surface area contributed by atoms with Crippen molar-refractivity contribution in [2.75, 3.05) is 0 Å². The van der Waals surface area contributed by atoms with Crippen LogP contribution in [0.25, 0.3) is 17.0 Å². The lowest BCUT2D eigenvalue weighted by Gasteiger charge is -2.01. The van der Waals surface area contributed by atoms with Crippen molar-refractivity contribution in [3.63, 3.8) is 0 Å². The summed E-state index contributed by atoms with van der Waals surface area (Å²) in [6, 6.07) is 15.3. The number of phenolic OH excluding ortho intramolecular Hbond substituents is 2. The SMILES string of the molecule is O=C(/C=C/c1ccc2ccccc2n1)c1cc(O)ccc1O. The minimum Gasteiger partial charge on any atom is -0.508 e. The molecule has 22 heavy (non-hydrogen) atoms. The first-order chi connectivity index (χ1) is 10.6. The van der Waals surface area contributed by atoms with E-state index in [0.29, 0.717) is 5.69 Å². The van der Waals surface area contributed by atoms with E-state index in [1.54, 1.807) is 6.08 Å². The highest BCUT2D eigenvalue weighted by atomic mass is 16.3. The maximum atomic E-state index is 12.1. The average Bonchev–Trinajstić information content (AvgIpc) is 2.54. The van der Waals surface area contributed by atoms with Crippen molar-refractivity contribution in [2.24, 2.45) is 0 Å². The number of hydrogen-bond acceptors (Lipinski definition) is 4. The van der Waals surface area contributed by atoms with Gasteiger partial charge < -0.3 is 10.2 Å². The lowest BCUT2D eigenvalue weighted by molar-refractivity contribution is 0.104. The third-order valence-corrected chi connectivity index (χ3v) is 3.27. The number of benzene rings is 2. The molecule has 2 N–H and O–H groups in total. The number of ketones is 1. The molecule has 108 valence electrons. The predicted molar refractivity (Wildman–Crippen MR) is 84.9 cm³/mol. The number of allylic oxidation sites excluding steroid dienone is 1. The minimum absolute atomic E-state index is 0.0528. The average molecular weight is 291 g/mol. The second-order valence-electron chi connectivity index (χ2n) is 4.83. The van der Waals surface area contributed by atoms with Crippen LogP contribution in [0, 0.1) is 0 Å². The first-order valence-electron chi connectivity index (χ1n) is 6.74. The van der Waals surface area contributed by atoms with Gasteiger partial charge in [0.2, 0.25) is 0 Å². The third-order valence-electron chi connectivity index (χ3n) is 3.27. The van der Waals surface area contributed by atoms with E-state index in [1.807, 2.05) is 36.4 Å². The lowest BCUT2D eigenvalue weighted by atomic mass is 10.1. The number of hydrogen-bond donors (Lipinski definition) is 2. The number of carbonyl (C=O) groups is 1. The molecule has 4 heteroatoms. The van der Waals surface area contributed by atoms with Gasteiger partial charge in [0.05, 0.1) is 16.8 Å². The number of nitrogens with zero attached hydrogens (tertiary/aromatic N) is 1. The van der Waals surface area contributed by atoms with E-state index in [1.165, 1.54) is 24.3 Å². The predicted octanol–water partition coefficient (Wildman–Crippen LogP) is 3.54. The second-order valence-corrected chi connectivity index (χ2v) is 4.83. The number of fused-ring (bicyclic) bond motifs is 1. The van der Waals surface area contributed by atoms with Crippen molar-refractivity contribution >= 4 is 22.8 Å². The van der Waals surface area contributed by atoms with E-state index in [4.69, 9.17) is 0 Å². The van der Waals surface area contributed by atoms with Crippen LogP contribution in [-0.4, -0.2) is 21.0 Å². The third kappa shape index (κ3) is 2.81. The van der Waals surface area contributed by atoms with Gasteiger partial charge in [0.1, 0.15) is 11.5 Å². The van der Waals surface area contributed by atoms with Crippen LogP contribution < -0.4 is 0 Å². The molecule has 4 nitrogen and oxygen atoms in total. The Morgan fingerprint density at radius 2 is 1.82 bits per heavy atom. The Bertz CT molecular complexity index is 884. The minimum atomic E-state index is -0.400. The number of aromatic hydroxyl groups is 2. The van der Waals surface area contributed by atoms with Crippen molar-refractivity contribution in [3.8, 4) is 11.5 Å². The molecule has 0 fully saturated rings. The molecule has 0 amide bonds. The molecule has 0 unspecified atom stereocenters. The molecule has 3 rings (SSSR count). The summed E-state index contributed by atoms with van der Waals surface area (Å²) in [5.41, 5.74) is 1.54. The molecule has 0 radical (unpaired) electrons. The zero-order valence-corrected chi connectivity index (χ0v) is 11.6. The number of pyridine rings is 1. The molecule has 2 aromatic carbocycles. The van der Waals surface area contributed by atoms with Crippen LogP contribution in [0.4, 0.5) is 0 Å². The smallest absolute Gasteiger partial charge is 0.189 e. The summed E-state index contributed by atoms with van der Waals surface area (Å²) in [6.45, 7) is 0. The molecule has 0 spiro atoms. The fourth-order valence-corrected chi connectivity index (χ4v) is 2.15. The summed E-state index contributed by atoms with van der Waals surface area (Å²) >= 11 is 0. The molecule has 0 aliphatic carbocycles. The summed E-state index contributed by atoms with van der Waals surface area (Å²) < 4.78 is 0. The molecular weight excluding hydrogens is 278 g/mol. The van der Waals surface area contributed by atoms with Crippen LogP contribution in [0.1, 0.15) is 16.1 Å². The van der Waals surface area contributed by atoms with Crippen molar-refractivity contribution in [3.05, 3.63) is 71.9 Å². The Morgan fingerprint density at radius 1 is 1.00 bits per heavy atom. The Morgan fingerprint density at radius 3 is 2.68 bits per heavy atom. The highest BCUT2D eigenvalue weighted by Crippen LogP contribution is 2.23. The number of carbonyl (C=O) groups excluding carboxylic acids is 1. The Hall–Kier alpha value is -3.14. The first-order valence-corrected chi connectivity index (χ1v) is 6.74. The van der Waals surface area contributed by atoms with Crippen LogP contribution in [-0.2, 0) is 0 Å². The van der Waals surface area contributed by atoms with Gasteiger partial charge in [-0.3, -0.25) is 4.79 Å². The summed E-state index contributed by atoms with van der Waals surface area (Å²) in [6.07, 6.45) is 2.91. The zero-order chi connectivity index (χ0) is 15.5. The van der Waals surface area contributed by atoms with Crippen LogP contribution in [0.3, 0.4) is 0 Å². The lowest BCUT2D eigenvalue weighted by Crippen LogP contribution is -1.95. The molecule has 0 saturated heterocycles. The van der Waals surface area contributed by atoms with E-state index in [0.717, 1.165) is 10.9 Å². The molecule has 0 atom stereocenters. The van der Waals surface area contributed by atoms with Gasteiger partial charge in [-0.2, -0.15) is 0 Å². The molecule has 0 aliphatic rings. The van der Waals surface area contributed by atoms with Gasteiger partial charge in [0.25, 0.3) is 0 Å². The second kappa shape index (κ2) is 5.69. The summed E-state index contributed by atoms with van der Waals surface area (Å²) in [5, 5.41) is 20.1. The molecule has 1 aromatic heterocycles. The summed E-state index contributed by atoms with van der Waals surface area (Å²) in [7, 11) is 0. The van der Waals surface area contributed by atoms with Crippen LogP contribution in [0.5, 0.6) is 11.5 Å². The van der Waals surface area contributed by atoms with Crippen molar-refractivity contribution < 1.29 is 15.0 Å². The Balaban J connectivity index is 1.88. The van der Waals surface area contributed by atoms with Gasteiger partial charge >= 0.3 is 0 Å². The summed E-state index contributed by atoms with van der Waals surface area (Å²) in [5.74, 6) is -0.638. The zero-order valence-electron chi connectivity index (χ0n) is 11.6. The molecule has 0 saturated carbocycles. The van der Waals surface area contributed by atoms with Gasteiger partial charge in [-0.1, -0.05) is 24.3 Å². The molecular formula is C18H13NO3. The summed E-state index contributed by atoms with van der Waals surface area (Å²) in [4.78, 5) is 16.5. The quantitative estimate of drug-likeness (QED) is 0.440. The van der Waals surface area contributed by atoms with Crippen LogP contribution in [0.15, 0.2) is 60.7 Å². The maximum Gasteiger partial charge on any atom is 0.189 e. The normalized spacial score (nSPS) is 11.1. The van der Waals surface area contributed by atoms with E-state index in [9.17, 15) is 15.0 Å². The standard InChI is InChI=1S/C18H13NO3/c20-14-8-10-18(22)15(11-14)17(21)9-7-13-6-5-12-3-1-2-4-16(12)19-13/h1-11,20,22H/b9-7+. The monoisotopic (exact) mass is 291 g/mol. The first kappa shape index (κ1) is 13.8. The highest BCUT2D eigenvalue weighted by molar-refractivity contribution is 6.08. The van der Waals surface area contributed by atoms with Gasteiger partial charge in [0.15, 0.2) is 5.78 Å². The fourth-order valence-electron chi connectivity index (χ4n) is 2.15. The Labute approximate surface area is 127 Å². The maximum absolute atomic E-state index is 12.1. The van der Waals surface area contributed by atoms with Gasteiger partial charge in [0, 0.05) is 5.39 Å². The molecule has 3 aromatic rings. The van der Waals surface area contributed by atoms with Crippen molar-refractivity contribution in [2.45, 2.75) is 0 Å². The number of phenols is 2. The van der Waals surface area contributed by atoms with E-state index in [2.05, 4.69) is 4.98 Å². The molecule has 0 aliphatic heterocycles. The van der Waals surface area contributed by atoms with Crippen LogP contribution >= 0.6 is 0 Å². The van der Waals surface area contributed by atoms with E-state index < -0.39 is 5.78 Å². The molecule has 1 heterocycles. The van der Waals surface area contributed by atoms with Gasteiger partial charge in [-0.15, -0.1) is 0 Å². The number of rotatable bonds is 3. The largest absolute Gasteiger partial charge is 0.508 e. The van der Waals surface area contributed by atoms with Crippen molar-refractivity contribution in [1.82, 2.24) is 4.98 Å². The molecule has 0 bridgehead atoms.